The minimum Gasteiger partial charge on any atom is -0.391 e. The summed E-state index contributed by atoms with van der Waals surface area (Å²) in [5.41, 5.74) is 0.751. The van der Waals surface area contributed by atoms with Crippen molar-refractivity contribution in [2.45, 2.75) is 18.9 Å². The van der Waals surface area contributed by atoms with Crippen molar-refractivity contribution < 1.29 is 9.90 Å². The predicted octanol–water partition coefficient (Wildman–Crippen LogP) is 1.58. The molecule has 4 nitrogen and oxygen atoms in total. The third kappa shape index (κ3) is 3.24. The molecular weight excluding hydrogens is 204 g/mol. The molecule has 2 amide bonds. The molecule has 0 saturated heterocycles. The van der Waals surface area contributed by atoms with Gasteiger partial charge in [-0.25, -0.2) is 4.79 Å². The summed E-state index contributed by atoms with van der Waals surface area (Å²) in [6.45, 7) is 0.323. The highest BCUT2D eigenvalue weighted by Crippen LogP contribution is 2.32. The number of aliphatic hydroxyl groups is 1. The fraction of sp³-hybridized carbons (Fsp3) is 0.417. The quantitative estimate of drug-likeness (QED) is 0.721. The highest BCUT2D eigenvalue weighted by Gasteiger charge is 2.29. The van der Waals surface area contributed by atoms with Gasteiger partial charge in [-0.3, -0.25) is 0 Å². The van der Waals surface area contributed by atoms with E-state index < -0.39 is 6.10 Å². The molecule has 1 aromatic carbocycles. The van der Waals surface area contributed by atoms with Crippen molar-refractivity contribution in [1.82, 2.24) is 5.32 Å². The lowest BCUT2D eigenvalue weighted by Crippen LogP contribution is -2.36. The minimum absolute atomic E-state index is 0.272. The highest BCUT2D eigenvalue weighted by molar-refractivity contribution is 5.89. The van der Waals surface area contributed by atoms with E-state index in [-0.39, 0.29) is 6.03 Å². The summed E-state index contributed by atoms with van der Waals surface area (Å²) in [5.74, 6) is 0.386. The van der Waals surface area contributed by atoms with Crippen molar-refractivity contribution in [2.24, 2.45) is 5.92 Å². The maximum Gasteiger partial charge on any atom is 0.319 e. The summed E-state index contributed by atoms with van der Waals surface area (Å²) < 4.78 is 0. The Labute approximate surface area is 94.7 Å². The fourth-order valence-electron chi connectivity index (χ4n) is 1.54. The molecule has 3 N–H and O–H groups in total. The molecule has 1 atom stereocenters. The largest absolute Gasteiger partial charge is 0.391 e. The summed E-state index contributed by atoms with van der Waals surface area (Å²) in [6.07, 6.45) is 1.74. The third-order valence-corrected chi connectivity index (χ3v) is 2.67. The van der Waals surface area contributed by atoms with Crippen LogP contribution in [0, 0.1) is 5.92 Å². The van der Waals surface area contributed by atoms with E-state index in [1.165, 1.54) is 0 Å². The number of nitrogens with one attached hydrogen (secondary N) is 2. The van der Waals surface area contributed by atoms with Gasteiger partial charge < -0.3 is 15.7 Å². The lowest BCUT2D eigenvalue weighted by Gasteiger charge is -2.11. The monoisotopic (exact) mass is 220 g/mol. The molecule has 86 valence electrons. The number of carbonyl (C=O) groups excluding carboxylic acids is 1. The molecule has 16 heavy (non-hydrogen) atoms. The summed E-state index contributed by atoms with van der Waals surface area (Å²) in [5, 5.41) is 14.9. The number of rotatable bonds is 4. The first-order valence-corrected chi connectivity index (χ1v) is 5.53. The van der Waals surface area contributed by atoms with E-state index in [1.54, 1.807) is 0 Å². The summed E-state index contributed by atoms with van der Waals surface area (Å²) in [6, 6.07) is 8.96. The smallest absolute Gasteiger partial charge is 0.319 e. The SMILES string of the molecule is O=C(NCC(O)C1CC1)Nc1ccccc1. The number of carbonyl (C=O) groups is 1. The van der Waals surface area contributed by atoms with Crippen molar-refractivity contribution >= 4 is 11.7 Å². The van der Waals surface area contributed by atoms with Crippen LogP contribution in [0.5, 0.6) is 0 Å². The molecule has 1 aliphatic carbocycles. The molecule has 0 spiro atoms. The van der Waals surface area contributed by atoms with Crippen LogP contribution in [-0.4, -0.2) is 23.8 Å². The molecule has 1 saturated carbocycles. The first-order chi connectivity index (χ1) is 7.75. The van der Waals surface area contributed by atoms with Crippen LogP contribution in [0.25, 0.3) is 0 Å². The first-order valence-electron chi connectivity index (χ1n) is 5.53. The van der Waals surface area contributed by atoms with Gasteiger partial charge in [-0.2, -0.15) is 0 Å². The Balaban J connectivity index is 1.72. The van der Waals surface area contributed by atoms with E-state index >= 15 is 0 Å². The number of hydrogen-bond acceptors (Lipinski definition) is 2. The van der Waals surface area contributed by atoms with Gasteiger partial charge in [0.2, 0.25) is 0 Å². The second kappa shape index (κ2) is 4.99. The zero-order chi connectivity index (χ0) is 11.4. The fourth-order valence-corrected chi connectivity index (χ4v) is 1.54. The Hall–Kier alpha value is -1.55. The lowest BCUT2D eigenvalue weighted by atomic mass is 10.2. The molecule has 1 unspecified atom stereocenters. The van der Waals surface area contributed by atoms with Crippen LogP contribution in [0.4, 0.5) is 10.5 Å². The van der Waals surface area contributed by atoms with Crippen LogP contribution in [0.2, 0.25) is 0 Å². The van der Waals surface area contributed by atoms with Gasteiger partial charge in [0.15, 0.2) is 0 Å². The number of urea groups is 1. The average Bonchev–Trinajstić information content (AvgIpc) is 3.11. The lowest BCUT2D eigenvalue weighted by molar-refractivity contribution is 0.150. The number of aliphatic hydroxyl groups excluding tert-OH is 1. The number of amides is 2. The van der Waals surface area contributed by atoms with Crippen molar-refractivity contribution in [1.29, 1.82) is 0 Å². The molecule has 1 aromatic rings. The number of benzene rings is 1. The number of anilines is 1. The van der Waals surface area contributed by atoms with Crippen molar-refractivity contribution in [3.63, 3.8) is 0 Å². The van der Waals surface area contributed by atoms with Gasteiger partial charge in [-0.15, -0.1) is 0 Å². The Morgan fingerprint density at radius 3 is 2.69 bits per heavy atom. The molecule has 2 rings (SSSR count). The predicted molar refractivity (Wildman–Crippen MR) is 62.2 cm³/mol. The maximum absolute atomic E-state index is 11.4. The maximum atomic E-state index is 11.4. The van der Waals surface area contributed by atoms with Gasteiger partial charge in [0.05, 0.1) is 6.10 Å². The van der Waals surface area contributed by atoms with Crippen LogP contribution >= 0.6 is 0 Å². The first kappa shape index (κ1) is 11.0. The molecule has 0 heterocycles. The van der Waals surface area contributed by atoms with E-state index in [0.29, 0.717) is 12.5 Å². The topological polar surface area (TPSA) is 61.4 Å². The van der Waals surface area contributed by atoms with E-state index in [9.17, 15) is 9.90 Å². The van der Waals surface area contributed by atoms with Gasteiger partial charge in [0.1, 0.15) is 0 Å². The van der Waals surface area contributed by atoms with E-state index in [0.717, 1.165) is 18.5 Å². The molecule has 1 fully saturated rings. The average molecular weight is 220 g/mol. The second-order valence-corrected chi connectivity index (χ2v) is 4.11. The Kier molecular flexibility index (Phi) is 3.41. The van der Waals surface area contributed by atoms with Gasteiger partial charge in [0.25, 0.3) is 0 Å². The molecule has 0 aliphatic heterocycles. The zero-order valence-corrected chi connectivity index (χ0v) is 9.02. The van der Waals surface area contributed by atoms with Crippen LogP contribution in [0.3, 0.4) is 0 Å². The molecule has 0 bridgehead atoms. The van der Waals surface area contributed by atoms with E-state index in [4.69, 9.17) is 0 Å². The summed E-state index contributed by atoms with van der Waals surface area (Å²) in [4.78, 5) is 11.4. The standard InChI is InChI=1S/C12H16N2O2/c15-11(9-6-7-9)8-13-12(16)14-10-4-2-1-3-5-10/h1-5,9,11,15H,6-8H2,(H2,13,14,16). The van der Waals surface area contributed by atoms with Gasteiger partial charge in [-0.05, 0) is 30.9 Å². The van der Waals surface area contributed by atoms with Crippen LogP contribution in [-0.2, 0) is 0 Å². The van der Waals surface area contributed by atoms with Crippen LogP contribution in [0.15, 0.2) is 30.3 Å². The Morgan fingerprint density at radius 2 is 2.06 bits per heavy atom. The number of para-hydroxylation sites is 1. The Bertz CT molecular complexity index is 349. The molecule has 1 aliphatic rings. The number of hydrogen-bond donors (Lipinski definition) is 3. The normalized spacial score (nSPS) is 16.6. The van der Waals surface area contributed by atoms with Gasteiger partial charge in [0, 0.05) is 12.2 Å². The highest BCUT2D eigenvalue weighted by atomic mass is 16.3. The Morgan fingerprint density at radius 1 is 1.38 bits per heavy atom. The van der Waals surface area contributed by atoms with Gasteiger partial charge >= 0.3 is 6.03 Å². The molecule has 4 heteroatoms. The van der Waals surface area contributed by atoms with E-state index in [2.05, 4.69) is 10.6 Å². The van der Waals surface area contributed by atoms with Crippen LogP contribution < -0.4 is 10.6 Å². The van der Waals surface area contributed by atoms with Crippen molar-refractivity contribution in [3.05, 3.63) is 30.3 Å². The summed E-state index contributed by atoms with van der Waals surface area (Å²) in [7, 11) is 0. The van der Waals surface area contributed by atoms with Gasteiger partial charge in [-0.1, -0.05) is 18.2 Å². The second-order valence-electron chi connectivity index (χ2n) is 4.11. The third-order valence-electron chi connectivity index (χ3n) is 2.67. The van der Waals surface area contributed by atoms with Crippen LogP contribution in [0.1, 0.15) is 12.8 Å². The van der Waals surface area contributed by atoms with Crippen molar-refractivity contribution in [2.75, 3.05) is 11.9 Å². The summed E-state index contributed by atoms with van der Waals surface area (Å²) >= 11 is 0. The zero-order valence-electron chi connectivity index (χ0n) is 9.02. The molecule has 0 radical (unpaired) electrons. The minimum atomic E-state index is -0.401. The van der Waals surface area contributed by atoms with E-state index in [1.807, 2.05) is 30.3 Å². The molecular formula is C12H16N2O2. The van der Waals surface area contributed by atoms with Crippen molar-refractivity contribution in [3.8, 4) is 0 Å². The molecule has 0 aromatic heterocycles.